The van der Waals surface area contributed by atoms with Gasteiger partial charge in [-0.3, -0.25) is 4.98 Å². The quantitative estimate of drug-likeness (QED) is 0.615. The summed E-state index contributed by atoms with van der Waals surface area (Å²) >= 11 is 3.15. The second kappa shape index (κ2) is 7.13. The van der Waals surface area contributed by atoms with E-state index < -0.39 is 0 Å². The first-order chi connectivity index (χ1) is 12.6. The van der Waals surface area contributed by atoms with Gasteiger partial charge in [0.2, 0.25) is 5.06 Å². The fraction of sp³-hybridized carbons (Fsp3) is 0.333. The predicted octanol–water partition coefficient (Wildman–Crippen LogP) is 4.55. The number of aromatic nitrogens is 3. The molecule has 0 saturated heterocycles. The highest BCUT2D eigenvalue weighted by Gasteiger charge is 2.25. The lowest BCUT2D eigenvalue weighted by Crippen LogP contribution is -2.16. The van der Waals surface area contributed by atoms with Crippen LogP contribution in [0.25, 0.3) is 20.5 Å². The molecule has 0 bridgehead atoms. The van der Waals surface area contributed by atoms with Crippen molar-refractivity contribution in [2.24, 2.45) is 5.16 Å². The van der Waals surface area contributed by atoms with Crippen molar-refractivity contribution in [1.82, 2.24) is 15.0 Å². The maximum absolute atomic E-state index is 5.79. The molecule has 0 aromatic carbocycles. The Balaban J connectivity index is 1.70. The van der Waals surface area contributed by atoms with Gasteiger partial charge >= 0.3 is 0 Å². The maximum atomic E-state index is 5.79. The third-order valence-electron chi connectivity index (χ3n) is 3.71. The maximum Gasteiger partial charge on any atom is 0.204 e. The smallest absolute Gasteiger partial charge is 0.204 e. The number of oxime groups is 1. The van der Waals surface area contributed by atoms with E-state index in [1.807, 2.05) is 39.1 Å². The van der Waals surface area contributed by atoms with Crippen molar-refractivity contribution >= 4 is 28.4 Å². The lowest BCUT2D eigenvalue weighted by Gasteiger charge is -2.13. The van der Waals surface area contributed by atoms with Crippen LogP contribution in [-0.2, 0) is 4.84 Å². The Bertz CT molecular complexity index is 948. The molecule has 0 aliphatic carbocycles. The average molecular weight is 387 g/mol. The Morgan fingerprint density at radius 3 is 2.88 bits per heavy atom. The van der Waals surface area contributed by atoms with Crippen molar-refractivity contribution in [1.29, 1.82) is 0 Å². The number of pyridine rings is 1. The Labute approximate surface area is 159 Å². The Hall–Kier alpha value is -2.32. The summed E-state index contributed by atoms with van der Waals surface area (Å²) in [5.74, 6) is 0. The normalized spacial score (nSPS) is 15.2. The zero-order valence-corrected chi connectivity index (χ0v) is 16.4. The largest absolute Gasteiger partial charge is 0.482 e. The van der Waals surface area contributed by atoms with E-state index in [0.29, 0.717) is 13.0 Å². The van der Waals surface area contributed by atoms with Gasteiger partial charge in [0, 0.05) is 24.4 Å². The van der Waals surface area contributed by atoms with Crippen LogP contribution in [0.15, 0.2) is 29.7 Å². The highest BCUT2D eigenvalue weighted by molar-refractivity contribution is 7.24. The molecule has 0 N–H and O–H groups in total. The van der Waals surface area contributed by atoms with Crippen LogP contribution in [0.2, 0.25) is 0 Å². The summed E-state index contributed by atoms with van der Waals surface area (Å²) in [5, 5.41) is 6.91. The first-order valence-electron chi connectivity index (χ1n) is 8.36. The number of ether oxygens (including phenoxy) is 1. The van der Waals surface area contributed by atoms with Crippen LogP contribution in [-0.4, -0.2) is 33.4 Å². The molecule has 0 fully saturated rings. The first kappa shape index (κ1) is 17.1. The number of nitrogens with zero attached hydrogens (tertiary/aromatic N) is 4. The predicted molar refractivity (Wildman–Crippen MR) is 104 cm³/mol. The molecule has 0 amide bonds. The number of rotatable bonds is 4. The second-order valence-corrected chi connectivity index (χ2v) is 8.08. The van der Waals surface area contributed by atoms with Crippen LogP contribution in [0.4, 0.5) is 0 Å². The van der Waals surface area contributed by atoms with Crippen LogP contribution in [0.3, 0.4) is 0 Å². The summed E-state index contributed by atoms with van der Waals surface area (Å²) in [6.07, 6.45) is 4.33. The van der Waals surface area contributed by atoms with E-state index in [1.54, 1.807) is 17.5 Å². The van der Waals surface area contributed by atoms with Gasteiger partial charge in [0.1, 0.15) is 27.5 Å². The number of fused-ring (bicyclic) bond motifs is 1. The molecule has 1 aliphatic rings. The highest BCUT2D eigenvalue weighted by Crippen LogP contribution is 2.42. The van der Waals surface area contributed by atoms with Gasteiger partial charge in [-0.05, 0) is 32.9 Å². The van der Waals surface area contributed by atoms with E-state index in [0.717, 1.165) is 42.6 Å². The summed E-state index contributed by atoms with van der Waals surface area (Å²) in [6, 6.07) is 3.93. The van der Waals surface area contributed by atoms with Crippen molar-refractivity contribution in [3.05, 3.63) is 35.9 Å². The topological polar surface area (TPSA) is 69.5 Å². The molecule has 0 atom stereocenters. The summed E-state index contributed by atoms with van der Waals surface area (Å²) < 4.78 is 5.79. The summed E-state index contributed by atoms with van der Waals surface area (Å²) in [5.41, 5.74) is 3.60. The average Bonchev–Trinajstić information content (AvgIpc) is 3.24. The van der Waals surface area contributed by atoms with E-state index in [4.69, 9.17) is 19.5 Å². The molecule has 4 rings (SSSR count). The van der Waals surface area contributed by atoms with Crippen molar-refractivity contribution in [3.63, 3.8) is 0 Å². The third kappa shape index (κ3) is 3.34. The molecule has 0 saturated carbocycles. The molecule has 6 nitrogen and oxygen atoms in total. The Kier molecular flexibility index (Phi) is 4.69. The van der Waals surface area contributed by atoms with Crippen molar-refractivity contribution < 1.29 is 9.57 Å². The number of thiazole rings is 2. The van der Waals surface area contributed by atoms with Crippen molar-refractivity contribution in [3.8, 4) is 25.5 Å². The van der Waals surface area contributed by atoms with E-state index in [9.17, 15) is 0 Å². The van der Waals surface area contributed by atoms with Gasteiger partial charge in [0.15, 0.2) is 0 Å². The monoisotopic (exact) mass is 386 g/mol. The molecule has 134 valence electrons. The second-order valence-electron chi connectivity index (χ2n) is 6.12. The first-order valence-corrected chi connectivity index (χ1v) is 10.00. The Morgan fingerprint density at radius 1 is 1.23 bits per heavy atom. The molecule has 1 aliphatic heterocycles. The minimum absolute atomic E-state index is 0.0395. The number of hydrogen-bond donors (Lipinski definition) is 0. The molecule has 3 aromatic heterocycles. The third-order valence-corrected chi connectivity index (χ3v) is 6.04. The minimum atomic E-state index is 0.0395. The number of aryl methyl sites for hydroxylation is 1. The lowest BCUT2D eigenvalue weighted by molar-refractivity contribution is 0.0849. The van der Waals surface area contributed by atoms with Gasteiger partial charge in [-0.1, -0.05) is 16.5 Å². The van der Waals surface area contributed by atoms with Crippen LogP contribution in [0.5, 0.6) is 5.06 Å². The zero-order valence-electron chi connectivity index (χ0n) is 14.7. The van der Waals surface area contributed by atoms with Crippen molar-refractivity contribution in [2.75, 3.05) is 6.61 Å². The van der Waals surface area contributed by atoms with E-state index in [2.05, 4.69) is 10.1 Å². The van der Waals surface area contributed by atoms with E-state index in [-0.39, 0.29) is 6.10 Å². The molecule has 8 heteroatoms. The standard InChI is InChI=1S/C18H18N4O2S2/c1-10(2)24-22-13-6-8-23-18-14(13)21-17(26-18)15-11(3)20-16(25-15)12-5-4-7-19-9-12/h4-5,7,9-10H,6,8H2,1-3H3. The molecule has 0 unspecified atom stereocenters. The van der Waals surface area contributed by atoms with Crippen LogP contribution in [0, 0.1) is 6.92 Å². The fourth-order valence-corrected chi connectivity index (χ4v) is 4.65. The Morgan fingerprint density at radius 2 is 2.12 bits per heavy atom. The molecule has 0 spiro atoms. The van der Waals surface area contributed by atoms with Gasteiger partial charge in [0.05, 0.1) is 17.2 Å². The molecule has 0 radical (unpaired) electrons. The highest BCUT2D eigenvalue weighted by atomic mass is 32.1. The van der Waals surface area contributed by atoms with E-state index in [1.165, 1.54) is 11.3 Å². The van der Waals surface area contributed by atoms with Gasteiger partial charge in [0.25, 0.3) is 0 Å². The summed E-state index contributed by atoms with van der Waals surface area (Å²) in [4.78, 5) is 20.1. The van der Waals surface area contributed by atoms with Gasteiger partial charge in [-0.2, -0.15) is 0 Å². The SMILES string of the molecule is Cc1nc(-c2cccnc2)sc1-c1nc2c(s1)OCCC2=NOC(C)C. The van der Waals surface area contributed by atoms with Gasteiger partial charge in [-0.15, -0.1) is 11.3 Å². The summed E-state index contributed by atoms with van der Waals surface area (Å²) in [6.45, 7) is 6.51. The summed E-state index contributed by atoms with van der Waals surface area (Å²) in [7, 11) is 0. The van der Waals surface area contributed by atoms with Crippen LogP contribution < -0.4 is 4.74 Å². The van der Waals surface area contributed by atoms with E-state index >= 15 is 0 Å². The molecule has 26 heavy (non-hydrogen) atoms. The molecular weight excluding hydrogens is 368 g/mol. The molecule has 4 heterocycles. The van der Waals surface area contributed by atoms with Crippen LogP contribution in [0.1, 0.15) is 31.7 Å². The molecule has 3 aromatic rings. The molecular formula is C18H18N4O2S2. The minimum Gasteiger partial charge on any atom is -0.482 e. The fourth-order valence-electron chi connectivity index (χ4n) is 2.51. The lowest BCUT2D eigenvalue weighted by atomic mass is 10.2. The van der Waals surface area contributed by atoms with Crippen molar-refractivity contribution in [2.45, 2.75) is 33.3 Å². The van der Waals surface area contributed by atoms with Crippen LogP contribution >= 0.6 is 22.7 Å². The van der Waals surface area contributed by atoms with Gasteiger partial charge < -0.3 is 9.57 Å². The number of hydrogen-bond acceptors (Lipinski definition) is 8. The zero-order chi connectivity index (χ0) is 18.1. The van der Waals surface area contributed by atoms with Gasteiger partial charge in [-0.25, -0.2) is 9.97 Å².